The summed E-state index contributed by atoms with van der Waals surface area (Å²) in [7, 11) is 1.67. The molecule has 0 spiro atoms. The van der Waals surface area contributed by atoms with E-state index >= 15 is 0 Å². The van der Waals surface area contributed by atoms with Crippen LogP contribution in [0.5, 0.6) is 5.75 Å². The smallest absolute Gasteiger partial charge is 0.124 e. The van der Waals surface area contributed by atoms with Gasteiger partial charge in [0.15, 0.2) is 0 Å². The van der Waals surface area contributed by atoms with Gasteiger partial charge in [0, 0.05) is 12.6 Å². The van der Waals surface area contributed by atoms with Crippen LogP contribution in [-0.2, 0) is 0 Å². The van der Waals surface area contributed by atoms with E-state index in [2.05, 4.69) is 21.9 Å². The lowest BCUT2D eigenvalue weighted by molar-refractivity contribution is 0.415. The Morgan fingerprint density at radius 1 is 1.44 bits per heavy atom. The number of nitrogens with zero attached hydrogens (tertiary/aromatic N) is 1. The molecule has 1 aromatic heterocycles. The summed E-state index contributed by atoms with van der Waals surface area (Å²) in [6, 6.07) is 6.13. The van der Waals surface area contributed by atoms with Gasteiger partial charge in [-0.25, -0.2) is 4.98 Å². The van der Waals surface area contributed by atoms with E-state index in [-0.39, 0.29) is 18.4 Å². The molecule has 1 aromatic carbocycles. The Hall–Kier alpha value is -1.52. The number of benzene rings is 1. The summed E-state index contributed by atoms with van der Waals surface area (Å²) in [6.07, 6.45) is 0.955. The van der Waals surface area contributed by atoms with Gasteiger partial charge in [0.05, 0.1) is 24.2 Å². The monoisotopic (exact) mass is 265 g/mol. The van der Waals surface area contributed by atoms with Crippen LogP contribution >= 0.6 is 12.4 Å². The normalized spacial score (nSPS) is 18.9. The second-order valence-corrected chi connectivity index (χ2v) is 4.39. The van der Waals surface area contributed by atoms with Crippen LogP contribution in [-0.4, -0.2) is 23.6 Å². The molecule has 5 heteroatoms. The molecule has 3 rings (SSSR count). The van der Waals surface area contributed by atoms with Gasteiger partial charge in [-0.3, -0.25) is 0 Å². The number of ether oxygens (including phenoxy) is 1. The summed E-state index contributed by atoms with van der Waals surface area (Å²) < 4.78 is 5.20. The Morgan fingerprint density at radius 3 is 2.94 bits per heavy atom. The predicted octanol–water partition coefficient (Wildman–Crippen LogP) is 2.58. The Kier molecular flexibility index (Phi) is 3.59. The van der Waals surface area contributed by atoms with Gasteiger partial charge in [-0.1, -0.05) is 12.2 Å². The summed E-state index contributed by atoms with van der Waals surface area (Å²) in [6.45, 7) is 4.87. The molecule has 96 valence electrons. The van der Waals surface area contributed by atoms with Gasteiger partial charge in [0.1, 0.15) is 11.6 Å². The molecule has 2 N–H and O–H groups in total. The summed E-state index contributed by atoms with van der Waals surface area (Å²) in [5.74, 6) is 1.82. The number of nitrogens with one attached hydrogen (secondary N) is 2. The molecular weight excluding hydrogens is 250 g/mol. The highest BCUT2D eigenvalue weighted by atomic mass is 35.5. The molecule has 0 saturated carbocycles. The zero-order valence-electron chi connectivity index (χ0n) is 10.2. The van der Waals surface area contributed by atoms with Crippen molar-refractivity contribution in [3.05, 3.63) is 36.2 Å². The van der Waals surface area contributed by atoms with Crippen molar-refractivity contribution in [1.82, 2.24) is 15.3 Å². The standard InChI is InChI=1S/C13H15N3O.ClH/c1-8-5-12(14-7-8)13-15-10-4-3-9(17-2)6-11(10)16-13;/h3-4,6,12,14H,1,5,7H2,2H3,(H,15,16);1H. The quantitative estimate of drug-likeness (QED) is 0.821. The van der Waals surface area contributed by atoms with E-state index in [1.165, 1.54) is 5.57 Å². The number of aromatic nitrogens is 2. The molecule has 0 radical (unpaired) electrons. The lowest BCUT2D eigenvalue weighted by atomic mass is 10.2. The van der Waals surface area contributed by atoms with Crippen LogP contribution in [0.1, 0.15) is 18.3 Å². The number of H-pyrrole nitrogens is 1. The fourth-order valence-corrected chi connectivity index (χ4v) is 2.19. The summed E-state index contributed by atoms with van der Waals surface area (Å²) in [4.78, 5) is 7.93. The van der Waals surface area contributed by atoms with Crippen molar-refractivity contribution in [3.63, 3.8) is 0 Å². The molecule has 1 fully saturated rings. The highest BCUT2D eigenvalue weighted by molar-refractivity contribution is 5.85. The van der Waals surface area contributed by atoms with Crippen molar-refractivity contribution in [2.75, 3.05) is 13.7 Å². The van der Waals surface area contributed by atoms with Gasteiger partial charge >= 0.3 is 0 Å². The lowest BCUT2D eigenvalue weighted by Gasteiger charge is -2.04. The second-order valence-electron chi connectivity index (χ2n) is 4.39. The van der Waals surface area contributed by atoms with Crippen molar-refractivity contribution in [1.29, 1.82) is 0 Å². The first kappa shape index (κ1) is 12.9. The van der Waals surface area contributed by atoms with Gasteiger partial charge < -0.3 is 15.0 Å². The molecule has 4 nitrogen and oxygen atoms in total. The van der Waals surface area contributed by atoms with Gasteiger partial charge in [-0.2, -0.15) is 0 Å². The number of hydrogen-bond donors (Lipinski definition) is 2. The summed E-state index contributed by atoms with van der Waals surface area (Å²) >= 11 is 0. The number of rotatable bonds is 2. The molecule has 2 aromatic rings. The molecule has 0 amide bonds. The lowest BCUT2D eigenvalue weighted by Crippen LogP contribution is -2.14. The second kappa shape index (κ2) is 5.00. The van der Waals surface area contributed by atoms with E-state index in [9.17, 15) is 0 Å². The number of fused-ring (bicyclic) bond motifs is 1. The number of methoxy groups -OCH3 is 1. The zero-order valence-corrected chi connectivity index (χ0v) is 11.0. The third kappa shape index (κ3) is 2.21. The van der Waals surface area contributed by atoms with E-state index < -0.39 is 0 Å². The van der Waals surface area contributed by atoms with Crippen molar-refractivity contribution in [3.8, 4) is 5.75 Å². The van der Waals surface area contributed by atoms with Crippen LogP contribution in [0.4, 0.5) is 0 Å². The maximum atomic E-state index is 5.20. The summed E-state index contributed by atoms with van der Waals surface area (Å²) in [5.41, 5.74) is 3.21. The average molecular weight is 266 g/mol. The molecule has 18 heavy (non-hydrogen) atoms. The van der Waals surface area contributed by atoms with E-state index in [0.717, 1.165) is 35.6 Å². The molecule has 1 atom stereocenters. The SMILES string of the molecule is C=C1CNC(c2nc3ccc(OC)cc3[nH]2)C1.Cl. The van der Waals surface area contributed by atoms with E-state index in [4.69, 9.17) is 4.74 Å². The van der Waals surface area contributed by atoms with E-state index in [1.807, 2.05) is 18.2 Å². The largest absolute Gasteiger partial charge is 0.497 e. The molecule has 1 unspecified atom stereocenters. The fraction of sp³-hybridized carbons (Fsp3) is 0.308. The number of aromatic amines is 1. The van der Waals surface area contributed by atoms with Crippen LogP contribution in [0.25, 0.3) is 11.0 Å². The Bertz CT molecular complexity index is 579. The Labute approximate surface area is 112 Å². The first-order valence-corrected chi connectivity index (χ1v) is 5.70. The van der Waals surface area contributed by atoms with E-state index in [1.54, 1.807) is 7.11 Å². The van der Waals surface area contributed by atoms with Crippen LogP contribution in [0, 0.1) is 0 Å². The van der Waals surface area contributed by atoms with Crippen LogP contribution in [0.2, 0.25) is 0 Å². The maximum Gasteiger partial charge on any atom is 0.124 e. The molecule has 0 aliphatic carbocycles. The number of halogens is 1. The first-order valence-electron chi connectivity index (χ1n) is 5.70. The van der Waals surface area contributed by atoms with Crippen molar-refractivity contribution in [2.24, 2.45) is 0 Å². The fourth-order valence-electron chi connectivity index (χ4n) is 2.19. The highest BCUT2D eigenvalue weighted by Gasteiger charge is 2.21. The highest BCUT2D eigenvalue weighted by Crippen LogP contribution is 2.26. The van der Waals surface area contributed by atoms with Crippen molar-refractivity contribution >= 4 is 23.4 Å². The van der Waals surface area contributed by atoms with Gasteiger partial charge in [-0.15, -0.1) is 12.4 Å². The molecular formula is C13H16ClN3O. The minimum Gasteiger partial charge on any atom is -0.497 e. The third-order valence-electron chi connectivity index (χ3n) is 3.13. The first-order chi connectivity index (χ1) is 8.26. The number of hydrogen-bond acceptors (Lipinski definition) is 3. The number of imidazole rings is 1. The van der Waals surface area contributed by atoms with Crippen molar-refractivity contribution in [2.45, 2.75) is 12.5 Å². The molecule has 1 aliphatic rings. The van der Waals surface area contributed by atoms with E-state index in [0.29, 0.717) is 0 Å². The summed E-state index contributed by atoms with van der Waals surface area (Å²) in [5, 5.41) is 3.39. The van der Waals surface area contributed by atoms with Gasteiger partial charge in [0.2, 0.25) is 0 Å². The van der Waals surface area contributed by atoms with Crippen LogP contribution in [0.3, 0.4) is 0 Å². The molecule has 1 saturated heterocycles. The third-order valence-corrected chi connectivity index (χ3v) is 3.13. The molecule has 0 bridgehead atoms. The van der Waals surface area contributed by atoms with Crippen LogP contribution < -0.4 is 10.1 Å². The average Bonchev–Trinajstić information content (AvgIpc) is 2.93. The van der Waals surface area contributed by atoms with Gasteiger partial charge in [0.25, 0.3) is 0 Å². The minimum atomic E-state index is 0. The zero-order chi connectivity index (χ0) is 11.8. The Morgan fingerprint density at radius 2 is 2.28 bits per heavy atom. The molecule has 1 aliphatic heterocycles. The maximum absolute atomic E-state index is 5.20. The Balaban J connectivity index is 0.00000120. The predicted molar refractivity (Wildman–Crippen MR) is 74.4 cm³/mol. The molecule has 2 heterocycles. The topological polar surface area (TPSA) is 49.9 Å². The van der Waals surface area contributed by atoms with Gasteiger partial charge in [-0.05, 0) is 18.6 Å². The minimum absolute atomic E-state index is 0. The van der Waals surface area contributed by atoms with Crippen LogP contribution in [0.15, 0.2) is 30.4 Å². The van der Waals surface area contributed by atoms with Crippen molar-refractivity contribution < 1.29 is 4.74 Å².